The van der Waals surface area contributed by atoms with E-state index in [9.17, 15) is 8.78 Å². The number of nitrogens with two attached hydrogens (primary N) is 1. The van der Waals surface area contributed by atoms with E-state index in [2.05, 4.69) is 0 Å². The van der Waals surface area contributed by atoms with Crippen molar-refractivity contribution in [2.75, 3.05) is 6.54 Å². The Morgan fingerprint density at radius 2 is 2.08 bits per heavy atom. The molecule has 3 heteroatoms. The molecule has 0 heterocycles. The molecular weight excluding hydrogens is 172 g/mol. The van der Waals surface area contributed by atoms with E-state index < -0.39 is 11.6 Å². The first-order chi connectivity index (χ1) is 6.15. The molecule has 0 aromatic heterocycles. The summed E-state index contributed by atoms with van der Waals surface area (Å²) in [6, 6.07) is 4.22. The summed E-state index contributed by atoms with van der Waals surface area (Å²) in [4.78, 5) is 0. The molecule has 1 aromatic rings. The molecule has 0 aliphatic carbocycles. The van der Waals surface area contributed by atoms with Gasteiger partial charge in [0.15, 0.2) is 11.6 Å². The van der Waals surface area contributed by atoms with Crippen molar-refractivity contribution in [1.29, 1.82) is 0 Å². The van der Waals surface area contributed by atoms with Crippen LogP contribution in [0.4, 0.5) is 8.78 Å². The first-order valence-electron chi connectivity index (χ1n) is 4.28. The first-order valence-corrected chi connectivity index (χ1v) is 4.28. The number of hydrogen-bond donors (Lipinski definition) is 1. The Bertz CT molecular complexity index is 286. The van der Waals surface area contributed by atoms with Crippen LogP contribution < -0.4 is 5.73 Å². The summed E-state index contributed by atoms with van der Waals surface area (Å²) in [6.07, 6.45) is 0.486. The molecular formula is C10H13F2N. The van der Waals surface area contributed by atoms with Crippen molar-refractivity contribution in [2.24, 2.45) is 11.7 Å². The zero-order valence-corrected chi connectivity index (χ0v) is 7.56. The molecule has 72 valence electrons. The fourth-order valence-electron chi connectivity index (χ4n) is 1.16. The maximum Gasteiger partial charge on any atom is 0.162 e. The number of benzene rings is 1. The van der Waals surface area contributed by atoms with Gasteiger partial charge in [0.2, 0.25) is 0 Å². The van der Waals surface area contributed by atoms with Gasteiger partial charge in [-0.15, -0.1) is 0 Å². The fraction of sp³-hybridized carbons (Fsp3) is 0.400. The predicted octanol–water partition coefficient (Wildman–Crippen LogP) is 2.10. The highest BCUT2D eigenvalue weighted by Gasteiger charge is 2.09. The molecule has 0 saturated carbocycles. The normalized spacial score (nSPS) is 12.9. The van der Waals surface area contributed by atoms with Gasteiger partial charge in [-0.3, -0.25) is 0 Å². The van der Waals surface area contributed by atoms with Crippen LogP contribution in [-0.4, -0.2) is 6.54 Å². The Morgan fingerprint density at radius 3 is 2.69 bits per heavy atom. The molecule has 0 radical (unpaired) electrons. The van der Waals surface area contributed by atoms with Gasteiger partial charge >= 0.3 is 0 Å². The van der Waals surface area contributed by atoms with Gasteiger partial charge in [0.25, 0.3) is 0 Å². The Morgan fingerprint density at radius 1 is 1.38 bits per heavy atom. The van der Waals surface area contributed by atoms with Crippen LogP contribution in [0.2, 0.25) is 0 Å². The molecule has 0 saturated heterocycles. The second-order valence-corrected chi connectivity index (χ2v) is 3.26. The monoisotopic (exact) mass is 185 g/mol. The molecule has 0 spiro atoms. The van der Waals surface area contributed by atoms with Gasteiger partial charge in [-0.2, -0.15) is 0 Å². The Hall–Kier alpha value is -0.960. The Balaban J connectivity index is 2.83. The SMILES string of the molecule is C[C@H](CN)Cc1cccc(F)c1F. The van der Waals surface area contributed by atoms with Crippen LogP contribution in [-0.2, 0) is 6.42 Å². The Kier molecular flexibility index (Phi) is 3.37. The average Bonchev–Trinajstić information content (AvgIpc) is 2.13. The van der Waals surface area contributed by atoms with Crippen molar-refractivity contribution in [3.63, 3.8) is 0 Å². The van der Waals surface area contributed by atoms with Gasteiger partial charge in [0, 0.05) is 0 Å². The van der Waals surface area contributed by atoms with E-state index >= 15 is 0 Å². The lowest BCUT2D eigenvalue weighted by atomic mass is 10.0. The van der Waals surface area contributed by atoms with Crippen molar-refractivity contribution in [3.8, 4) is 0 Å². The van der Waals surface area contributed by atoms with E-state index in [4.69, 9.17) is 5.73 Å². The van der Waals surface area contributed by atoms with Gasteiger partial charge in [0.1, 0.15) is 0 Å². The molecule has 0 unspecified atom stereocenters. The smallest absolute Gasteiger partial charge is 0.162 e. The summed E-state index contributed by atoms with van der Waals surface area (Å²) in [6.45, 7) is 2.39. The molecule has 2 N–H and O–H groups in total. The van der Waals surface area contributed by atoms with Crippen LogP contribution in [0.5, 0.6) is 0 Å². The third-order valence-corrected chi connectivity index (χ3v) is 2.00. The molecule has 1 atom stereocenters. The zero-order chi connectivity index (χ0) is 9.84. The van der Waals surface area contributed by atoms with E-state index in [0.29, 0.717) is 18.5 Å². The molecule has 0 fully saturated rings. The topological polar surface area (TPSA) is 26.0 Å². The molecule has 0 amide bonds. The van der Waals surface area contributed by atoms with Crippen molar-refractivity contribution >= 4 is 0 Å². The zero-order valence-electron chi connectivity index (χ0n) is 7.56. The average molecular weight is 185 g/mol. The maximum absolute atomic E-state index is 13.1. The van der Waals surface area contributed by atoms with Crippen LogP contribution in [0.25, 0.3) is 0 Å². The minimum atomic E-state index is -0.790. The van der Waals surface area contributed by atoms with Crippen LogP contribution in [0, 0.1) is 17.6 Å². The first kappa shape index (κ1) is 10.1. The lowest BCUT2D eigenvalue weighted by Gasteiger charge is -2.08. The van der Waals surface area contributed by atoms with Crippen molar-refractivity contribution < 1.29 is 8.78 Å². The molecule has 0 bridgehead atoms. The van der Waals surface area contributed by atoms with Gasteiger partial charge in [0.05, 0.1) is 0 Å². The van der Waals surface area contributed by atoms with Crippen LogP contribution >= 0.6 is 0 Å². The van der Waals surface area contributed by atoms with E-state index in [-0.39, 0.29) is 5.92 Å². The lowest BCUT2D eigenvalue weighted by molar-refractivity contribution is 0.485. The van der Waals surface area contributed by atoms with Gasteiger partial charge in [-0.05, 0) is 30.5 Å². The minimum Gasteiger partial charge on any atom is -0.330 e. The van der Waals surface area contributed by atoms with Gasteiger partial charge in [-0.25, -0.2) is 8.78 Å². The highest BCUT2D eigenvalue weighted by molar-refractivity contribution is 5.19. The largest absolute Gasteiger partial charge is 0.330 e. The second-order valence-electron chi connectivity index (χ2n) is 3.26. The summed E-state index contributed by atoms with van der Waals surface area (Å²) < 4.78 is 25.8. The predicted molar refractivity (Wildman–Crippen MR) is 48.3 cm³/mol. The quantitative estimate of drug-likeness (QED) is 0.766. The summed E-state index contributed by atoms with van der Waals surface area (Å²) in [5.41, 5.74) is 5.79. The third-order valence-electron chi connectivity index (χ3n) is 2.00. The van der Waals surface area contributed by atoms with E-state index in [1.54, 1.807) is 6.07 Å². The highest BCUT2D eigenvalue weighted by Crippen LogP contribution is 2.14. The van der Waals surface area contributed by atoms with E-state index in [1.807, 2.05) is 6.92 Å². The number of halogens is 2. The van der Waals surface area contributed by atoms with Crippen molar-refractivity contribution in [1.82, 2.24) is 0 Å². The van der Waals surface area contributed by atoms with Crippen LogP contribution in [0.15, 0.2) is 18.2 Å². The lowest BCUT2D eigenvalue weighted by Crippen LogP contribution is -2.14. The maximum atomic E-state index is 13.1. The Labute approximate surface area is 76.6 Å². The van der Waals surface area contributed by atoms with E-state index in [1.165, 1.54) is 6.07 Å². The van der Waals surface area contributed by atoms with Gasteiger partial charge < -0.3 is 5.73 Å². The van der Waals surface area contributed by atoms with Crippen molar-refractivity contribution in [2.45, 2.75) is 13.3 Å². The van der Waals surface area contributed by atoms with E-state index in [0.717, 1.165) is 6.07 Å². The summed E-state index contributed by atoms with van der Waals surface area (Å²) >= 11 is 0. The molecule has 1 rings (SSSR count). The molecule has 1 nitrogen and oxygen atoms in total. The molecule has 0 aliphatic heterocycles. The van der Waals surface area contributed by atoms with Crippen molar-refractivity contribution in [3.05, 3.63) is 35.4 Å². The fourth-order valence-corrected chi connectivity index (χ4v) is 1.16. The van der Waals surface area contributed by atoms with Crippen LogP contribution in [0.3, 0.4) is 0 Å². The highest BCUT2D eigenvalue weighted by atomic mass is 19.2. The second kappa shape index (κ2) is 4.33. The standard InChI is InChI=1S/C10H13F2N/c1-7(6-13)5-8-3-2-4-9(11)10(8)12/h2-4,7H,5-6,13H2,1H3/t7-/m0/s1. The minimum absolute atomic E-state index is 0.177. The third kappa shape index (κ3) is 2.49. The number of rotatable bonds is 3. The molecule has 0 aliphatic rings. The molecule has 1 aromatic carbocycles. The van der Waals surface area contributed by atoms with Crippen LogP contribution in [0.1, 0.15) is 12.5 Å². The number of hydrogen-bond acceptors (Lipinski definition) is 1. The summed E-state index contributed by atoms with van der Waals surface area (Å²) in [5.74, 6) is -1.36. The molecule has 13 heavy (non-hydrogen) atoms. The summed E-state index contributed by atoms with van der Waals surface area (Å²) in [5, 5.41) is 0. The van der Waals surface area contributed by atoms with Gasteiger partial charge in [-0.1, -0.05) is 19.1 Å². The summed E-state index contributed by atoms with van der Waals surface area (Å²) in [7, 11) is 0.